The van der Waals surface area contributed by atoms with Gasteiger partial charge in [0.25, 0.3) is 0 Å². The molecule has 0 saturated heterocycles. The number of hydrogen-bond donors (Lipinski definition) is 1. The maximum Gasteiger partial charge on any atom is 0.340 e. The summed E-state index contributed by atoms with van der Waals surface area (Å²) in [7, 11) is 1.79. The minimum Gasteiger partial charge on any atom is -0.460 e. The van der Waals surface area contributed by atoms with Gasteiger partial charge in [0.15, 0.2) is 0 Å². The Morgan fingerprint density at radius 3 is 2.95 bits per heavy atom. The Morgan fingerprint density at radius 1 is 1.57 bits per heavy atom. The number of hydrogen-bond acceptors (Lipinski definition) is 6. The van der Waals surface area contributed by atoms with Crippen LogP contribution in [0.25, 0.3) is 0 Å². The Bertz CT molecular complexity index is 453. The van der Waals surface area contributed by atoms with Gasteiger partial charge in [-0.1, -0.05) is 6.08 Å². The second-order valence-electron chi connectivity index (χ2n) is 4.17. The molecule has 1 N–H and O–H groups in total. The van der Waals surface area contributed by atoms with Gasteiger partial charge in [0.2, 0.25) is 0 Å². The molecular weight excluding hydrogens is 283 g/mol. The van der Waals surface area contributed by atoms with E-state index >= 15 is 0 Å². The molecule has 1 aliphatic heterocycles. The first-order valence-corrected chi connectivity index (χ1v) is 6.29. The molecule has 1 heterocycles. The number of urea groups is 1. The van der Waals surface area contributed by atoms with E-state index in [1.807, 2.05) is 12.3 Å². The molecule has 116 valence electrons. The molecule has 0 fully saturated rings. The molecule has 1 rings (SSSR count). The third-order valence-electron chi connectivity index (χ3n) is 2.54. The smallest absolute Gasteiger partial charge is 0.340 e. The lowest BCUT2D eigenvalue weighted by Gasteiger charge is -2.16. The van der Waals surface area contributed by atoms with Crippen molar-refractivity contribution < 1.29 is 18.7 Å². The van der Waals surface area contributed by atoms with Gasteiger partial charge in [-0.25, -0.2) is 14.0 Å². The van der Waals surface area contributed by atoms with Gasteiger partial charge in [0, 0.05) is 19.7 Å². The van der Waals surface area contributed by atoms with Crippen LogP contribution in [-0.4, -0.2) is 55.3 Å². The molecule has 0 unspecified atom stereocenters. The zero-order chi connectivity index (χ0) is 15.7. The van der Waals surface area contributed by atoms with Crippen molar-refractivity contribution in [3.8, 4) is 0 Å². The van der Waals surface area contributed by atoms with Gasteiger partial charge >= 0.3 is 12.0 Å². The molecule has 21 heavy (non-hydrogen) atoms. The summed E-state index contributed by atoms with van der Waals surface area (Å²) in [6.45, 7) is -1.34. The molecule has 0 bridgehead atoms. The van der Waals surface area contributed by atoms with Crippen molar-refractivity contribution in [2.75, 3.05) is 33.4 Å². The second-order valence-corrected chi connectivity index (χ2v) is 4.17. The van der Waals surface area contributed by atoms with E-state index in [1.165, 1.54) is 0 Å². The Hall–Kier alpha value is -2.45. The number of nitroso groups, excluding NO2 is 1. The fourth-order valence-corrected chi connectivity index (χ4v) is 1.57. The number of allylic oxidation sites excluding steroid dienone is 1. The maximum atomic E-state index is 12.0. The van der Waals surface area contributed by atoms with Crippen LogP contribution in [0, 0.1) is 4.91 Å². The first-order valence-electron chi connectivity index (χ1n) is 6.29. The summed E-state index contributed by atoms with van der Waals surface area (Å²) in [5.41, 5.74) is 0.500. The number of esters is 1. The van der Waals surface area contributed by atoms with E-state index in [0.717, 1.165) is 0 Å². The van der Waals surface area contributed by atoms with Gasteiger partial charge in [-0.2, -0.15) is 5.01 Å². The SMILES string of the molecule is CN1C=CCC(C(=O)OCCNC(=O)N(CCF)N=O)=C1. The highest BCUT2D eigenvalue weighted by molar-refractivity contribution is 5.88. The summed E-state index contributed by atoms with van der Waals surface area (Å²) in [4.78, 5) is 35.0. The molecule has 2 amide bonds. The number of rotatable bonds is 7. The van der Waals surface area contributed by atoms with Gasteiger partial charge in [-0.3, -0.25) is 0 Å². The van der Waals surface area contributed by atoms with Crippen molar-refractivity contribution in [1.82, 2.24) is 15.2 Å². The monoisotopic (exact) mass is 300 g/mol. The number of alkyl halides is 1. The van der Waals surface area contributed by atoms with E-state index in [2.05, 4.69) is 10.6 Å². The van der Waals surface area contributed by atoms with Crippen LogP contribution in [0.3, 0.4) is 0 Å². The molecule has 0 saturated carbocycles. The van der Waals surface area contributed by atoms with Gasteiger partial charge in [0.05, 0.1) is 23.9 Å². The van der Waals surface area contributed by atoms with E-state index in [1.54, 1.807) is 18.1 Å². The Labute approximate surface area is 121 Å². The third kappa shape index (κ3) is 5.59. The van der Waals surface area contributed by atoms with Crippen LogP contribution < -0.4 is 5.32 Å². The molecule has 0 aliphatic carbocycles. The minimum atomic E-state index is -0.872. The van der Waals surface area contributed by atoms with E-state index in [-0.39, 0.29) is 13.2 Å². The summed E-state index contributed by atoms with van der Waals surface area (Å²) < 4.78 is 17.0. The van der Waals surface area contributed by atoms with Crippen LogP contribution in [0.15, 0.2) is 29.3 Å². The van der Waals surface area contributed by atoms with Crippen LogP contribution >= 0.6 is 0 Å². The molecule has 8 nitrogen and oxygen atoms in total. The zero-order valence-electron chi connectivity index (χ0n) is 11.6. The molecule has 0 spiro atoms. The van der Waals surface area contributed by atoms with Gasteiger partial charge < -0.3 is 15.0 Å². The number of nitrogens with zero attached hydrogens (tertiary/aromatic N) is 3. The van der Waals surface area contributed by atoms with Crippen LogP contribution in [0.2, 0.25) is 0 Å². The Morgan fingerprint density at radius 2 is 2.33 bits per heavy atom. The first kappa shape index (κ1) is 16.6. The number of nitrogens with one attached hydrogen (secondary N) is 1. The van der Waals surface area contributed by atoms with Gasteiger partial charge in [-0.05, 0) is 6.20 Å². The number of halogens is 1. The zero-order valence-corrected chi connectivity index (χ0v) is 11.6. The first-order chi connectivity index (χ1) is 10.1. The summed E-state index contributed by atoms with van der Waals surface area (Å²) in [6, 6.07) is -0.835. The van der Waals surface area contributed by atoms with E-state index in [4.69, 9.17) is 4.74 Å². The van der Waals surface area contributed by atoms with Crippen molar-refractivity contribution in [3.63, 3.8) is 0 Å². The van der Waals surface area contributed by atoms with E-state index < -0.39 is 25.2 Å². The van der Waals surface area contributed by atoms with Crippen LogP contribution in [0.4, 0.5) is 9.18 Å². The molecule has 0 aromatic rings. The largest absolute Gasteiger partial charge is 0.460 e. The summed E-state index contributed by atoms with van der Waals surface area (Å²) in [5, 5.41) is 5.09. The van der Waals surface area contributed by atoms with Crippen LogP contribution in [0.5, 0.6) is 0 Å². The average Bonchev–Trinajstić information content (AvgIpc) is 2.48. The van der Waals surface area contributed by atoms with Crippen molar-refractivity contribution in [2.45, 2.75) is 6.42 Å². The second kappa shape index (κ2) is 8.67. The lowest BCUT2D eigenvalue weighted by molar-refractivity contribution is -0.139. The van der Waals surface area contributed by atoms with Gasteiger partial charge in [-0.15, -0.1) is 4.91 Å². The van der Waals surface area contributed by atoms with Gasteiger partial charge in [0.1, 0.15) is 13.3 Å². The predicted molar refractivity (Wildman–Crippen MR) is 72.4 cm³/mol. The minimum absolute atomic E-state index is 0.00182. The summed E-state index contributed by atoms with van der Waals surface area (Å²) in [6.07, 6.45) is 5.78. The molecule has 0 radical (unpaired) electrons. The van der Waals surface area contributed by atoms with E-state index in [9.17, 15) is 18.9 Å². The van der Waals surface area contributed by atoms with Crippen molar-refractivity contribution in [1.29, 1.82) is 0 Å². The fourth-order valence-electron chi connectivity index (χ4n) is 1.57. The molecule has 9 heteroatoms. The number of amides is 2. The molecule has 0 aromatic carbocycles. The number of ether oxygens (including phenoxy) is 1. The number of carbonyl (C=O) groups is 2. The van der Waals surface area contributed by atoms with E-state index in [0.29, 0.717) is 17.0 Å². The third-order valence-corrected chi connectivity index (χ3v) is 2.54. The highest BCUT2D eigenvalue weighted by Gasteiger charge is 2.15. The molecule has 1 aliphatic rings. The van der Waals surface area contributed by atoms with Crippen molar-refractivity contribution in [2.24, 2.45) is 5.29 Å². The molecule has 0 atom stereocenters. The Kier molecular flexibility index (Phi) is 6.85. The fraction of sp³-hybridized carbons (Fsp3) is 0.500. The summed E-state index contributed by atoms with van der Waals surface area (Å²) in [5.74, 6) is -0.477. The maximum absolute atomic E-state index is 12.0. The standard InChI is InChI=1S/C12H17FN4O4/c1-16-6-2-3-10(9-16)11(18)21-8-5-14-12(19)17(15-20)7-4-13/h2,6,9H,3-5,7-8H2,1H3,(H,14,19). The lowest BCUT2D eigenvalue weighted by atomic mass is 10.1. The van der Waals surface area contributed by atoms with Crippen molar-refractivity contribution in [3.05, 3.63) is 29.0 Å². The van der Waals surface area contributed by atoms with Crippen LogP contribution in [-0.2, 0) is 9.53 Å². The predicted octanol–water partition coefficient (Wildman–Crippen LogP) is 0.925. The Balaban J connectivity index is 2.26. The molecular formula is C12H17FN4O4. The lowest BCUT2D eigenvalue weighted by Crippen LogP contribution is -2.39. The normalized spacial score (nSPS) is 13.4. The average molecular weight is 300 g/mol. The topological polar surface area (TPSA) is 91.3 Å². The number of carbonyl (C=O) groups excluding carboxylic acids is 2. The van der Waals surface area contributed by atoms with Crippen LogP contribution in [0.1, 0.15) is 6.42 Å². The molecule has 0 aromatic heterocycles. The highest BCUT2D eigenvalue weighted by Crippen LogP contribution is 2.11. The quantitative estimate of drug-likeness (QED) is 0.327. The summed E-state index contributed by atoms with van der Waals surface area (Å²) >= 11 is 0. The van der Waals surface area contributed by atoms with Crippen molar-refractivity contribution >= 4 is 12.0 Å². The highest BCUT2D eigenvalue weighted by atomic mass is 19.1.